The zero-order valence-corrected chi connectivity index (χ0v) is 6.63. The van der Waals surface area contributed by atoms with Crippen LogP contribution in [0.15, 0.2) is 12.3 Å². The van der Waals surface area contributed by atoms with Gasteiger partial charge in [-0.15, -0.1) is 0 Å². The minimum atomic E-state index is -0.244. The lowest BCUT2D eigenvalue weighted by Crippen LogP contribution is -2.38. The summed E-state index contributed by atoms with van der Waals surface area (Å²) in [7, 11) is 1.49. The lowest BCUT2D eigenvalue weighted by atomic mass is 10.1. The number of fused-ring (bicyclic) bond motifs is 1. The van der Waals surface area contributed by atoms with Crippen molar-refractivity contribution >= 4 is 11.8 Å². The molecule has 62 valence electrons. The van der Waals surface area contributed by atoms with E-state index in [1.807, 2.05) is 0 Å². The summed E-state index contributed by atoms with van der Waals surface area (Å²) in [4.78, 5) is 26.5. The number of likely N-dealkylation sites (N-methyl/N-ethyl adjacent to an activating group) is 1. The zero-order chi connectivity index (χ0) is 8.72. The van der Waals surface area contributed by atoms with Crippen molar-refractivity contribution in [3.05, 3.63) is 23.5 Å². The Morgan fingerprint density at radius 1 is 1.50 bits per heavy atom. The molecule has 0 saturated carbocycles. The third-order valence-electron chi connectivity index (χ3n) is 2.07. The Labute approximate surface area is 69.2 Å². The summed E-state index contributed by atoms with van der Waals surface area (Å²) in [5, 5.41) is 0. The summed E-state index contributed by atoms with van der Waals surface area (Å²) < 4.78 is 0. The van der Waals surface area contributed by atoms with Crippen LogP contribution in [0.4, 0.5) is 0 Å². The number of hydrogen-bond donors (Lipinski definition) is 1. The third-order valence-corrected chi connectivity index (χ3v) is 2.07. The molecular formula is C8H8N2O2. The van der Waals surface area contributed by atoms with Crippen LogP contribution in [0.1, 0.15) is 16.1 Å². The minimum Gasteiger partial charge on any atom is -0.357 e. The number of H-pyrrole nitrogens is 1. The monoisotopic (exact) mass is 164 g/mol. The molecule has 0 unspecified atom stereocenters. The highest BCUT2D eigenvalue weighted by atomic mass is 16.2. The number of nitrogens with one attached hydrogen (secondary N) is 1. The number of aromatic amines is 1. The van der Waals surface area contributed by atoms with Crippen LogP contribution in [0.25, 0.3) is 0 Å². The molecule has 1 aliphatic rings. The van der Waals surface area contributed by atoms with Crippen LogP contribution in [0.3, 0.4) is 0 Å². The van der Waals surface area contributed by atoms with Crippen LogP contribution in [0.5, 0.6) is 0 Å². The molecule has 1 aliphatic heterocycles. The first-order chi connectivity index (χ1) is 5.70. The Balaban J connectivity index is 2.53. The molecule has 0 aromatic carbocycles. The molecular weight excluding hydrogens is 156 g/mol. The minimum absolute atomic E-state index is 0.146. The molecule has 0 atom stereocenters. The number of nitrogens with zero attached hydrogens (tertiary/aromatic N) is 1. The second kappa shape index (κ2) is 2.20. The van der Waals surface area contributed by atoms with Gasteiger partial charge in [0.05, 0.1) is 6.42 Å². The van der Waals surface area contributed by atoms with E-state index in [0.717, 1.165) is 10.5 Å². The fourth-order valence-corrected chi connectivity index (χ4v) is 1.31. The van der Waals surface area contributed by atoms with Crippen molar-refractivity contribution in [2.24, 2.45) is 0 Å². The fourth-order valence-electron chi connectivity index (χ4n) is 1.31. The number of aromatic nitrogens is 1. The molecule has 0 spiro atoms. The third kappa shape index (κ3) is 0.777. The molecule has 0 saturated heterocycles. The fraction of sp³-hybridized carbons (Fsp3) is 0.250. The number of hydrogen-bond acceptors (Lipinski definition) is 2. The van der Waals surface area contributed by atoms with Crippen LogP contribution in [0, 0.1) is 0 Å². The average Bonchev–Trinajstić information content (AvgIpc) is 2.48. The van der Waals surface area contributed by atoms with E-state index in [0.29, 0.717) is 12.1 Å². The van der Waals surface area contributed by atoms with E-state index in [4.69, 9.17) is 0 Å². The van der Waals surface area contributed by atoms with Gasteiger partial charge in [-0.3, -0.25) is 14.5 Å². The predicted molar refractivity (Wildman–Crippen MR) is 41.6 cm³/mol. The van der Waals surface area contributed by atoms with Crippen molar-refractivity contribution < 1.29 is 9.59 Å². The van der Waals surface area contributed by atoms with Crippen LogP contribution in [-0.4, -0.2) is 28.7 Å². The van der Waals surface area contributed by atoms with Gasteiger partial charge in [-0.1, -0.05) is 0 Å². The Morgan fingerprint density at radius 3 is 3.00 bits per heavy atom. The maximum absolute atomic E-state index is 11.4. The van der Waals surface area contributed by atoms with Gasteiger partial charge in [0.1, 0.15) is 5.69 Å². The van der Waals surface area contributed by atoms with Crippen molar-refractivity contribution in [2.45, 2.75) is 6.42 Å². The highest BCUT2D eigenvalue weighted by Gasteiger charge is 2.28. The van der Waals surface area contributed by atoms with Gasteiger partial charge in [-0.05, 0) is 11.6 Å². The van der Waals surface area contributed by atoms with Crippen molar-refractivity contribution in [2.75, 3.05) is 7.05 Å². The maximum atomic E-state index is 11.4. The van der Waals surface area contributed by atoms with Crippen molar-refractivity contribution in [3.63, 3.8) is 0 Å². The highest BCUT2D eigenvalue weighted by Crippen LogP contribution is 2.16. The first-order valence-corrected chi connectivity index (χ1v) is 3.67. The van der Waals surface area contributed by atoms with Gasteiger partial charge in [0.15, 0.2) is 0 Å². The summed E-state index contributed by atoms with van der Waals surface area (Å²) in [6.07, 6.45) is 2.00. The summed E-state index contributed by atoms with van der Waals surface area (Å²) in [6, 6.07) is 1.76. The van der Waals surface area contributed by atoms with Gasteiger partial charge < -0.3 is 4.98 Å². The van der Waals surface area contributed by atoms with E-state index < -0.39 is 0 Å². The van der Waals surface area contributed by atoms with Crippen molar-refractivity contribution in [3.8, 4) is 0 Å². The molecule has 4 heteroatoms. The zero-order valence-electron chi connectivity index (χ0n) is 6.63. The first kappa shape index (κ1) is 7.09. The van der Waals surface area contributed by atoms with Gasteiger partial charge in [0.25, 0.3) is 5.91 Å². The molecule has 0 fully saturated rings. The van der Waals surface area contributed by atoms with Crippen LogP contribution < -0.4 is 0 Å². The van der Waals surface area contributed by atoms with Crippen LogP contribution >= 0.6 is 0 Å². The van der Waals surface area contributed by atoms with E-state index in [-0.39, 0.29) is 11.8 Å². The molecule has 4 nitrogen and oxygen atoms in total. The second-order valence-corrected chi connectivity index (χ2v) is 2.81. The number of amides is 2. The van der Waals surface area contributed by atoms with Gasteiger partial charge in [0, 0.05) is 13.2 Å². The molecule has 2 rings (SSSR count). The SMILES string of the molecule is CN1C(=O)Cc2cc[nH]c2C1=O. The van der Waals surface area contributed by atoms with E-state index in [2.05, 4.69) is 4.98 Å². The molecule has 1 aromatic heterocycles. The van der Waals surface area contributed by atoms with Crippen LogP contribution in [0.2, 0.25) is 0 Å². The Kier molecular flexibility index (Phi) is 1.30. The summed E-state index contributed by atoms with van der Waals surface area (Å²) >= 11 is 0. The number of rotatable bonds is 0. The molecule has 1 aromatic rings. The molecule has 1 N–H and O–H groups in total. The smallest absolute Gasteiger partial charge is 0.276 e. The van der Waals surface area contributed by atoms with Gasteiger partial charge >= 0.3 is 0 Å². The van der Waals surface area contributed by atoms with E-state index >= 15 is 0 Å². The molecule has 2 heterocycles. The topological polar surface area (TPSA) is 53.2 Å². The van der Waals surface area contributed by atoms with Gasteiger partial charge in [-0.25, -0.2) is 0 Å². The Hall–Kier alpha value is -1.58. The van der Waals surface area contributed by atoms with Crippen molar-refractivity contribution in [1.29, 1.82) is 0 Å². The standard InChI is InChI=1S/C8H8N2O2/c1-10-6(11)4-5-2-3-9-7(5)8(10)12/h2-3,9H,4H2,1H3. The quantitative estimate of drug-likeness (QED) is 0.556. The molecule has 12 heavy (non-hydrogen) atoms. The van der Waals surface area contributed by atoms with Crippen LogP contribution in [-0.2, 0) is 11.2 Å². The predicted octanol–water partition coefficient (Wildman–Crippen LogP) is 0.169. The van der Waals surface area contributed by atoms with E-state index in [9.17, 15) is 9.59 Å². The lowest BCUT2D eigenvalue weighted by Gasteiger charge is -2.19. The molecule has 0 radical (unpaired) electrons. The Morgan fingerprint density at radius 2 is 2.25 bits per heavy atom. The summed E-state index contributed by atoms with van der Waals surface area (Å²) in [5.74, 6) is -0.390. The summed E-state index contributed by atoms with van der Waals surface area (Å²) in [5.41, 5.74) is 1.33. The number of carbonyl (C=O) groups excluding carboxylic acids is 2. The van der Waals surface area contributed by atoms with E-state index in [1.54, 1.807) is 12.3 Å². The first-order valence-electron chi connectivity index (χ1n) is 3.67. The normalized spacial score (nSPS) is 16.6. The number of carbonyl (C=O) groups is 2. The maximum Gasteiger partial charge on any atom is 0.276 e. The second-order valence-electron chi connectivity index (χ2n) is 2.81. The van der Waals surface area contributed by atoms with Crippen molar-refractivity contribution in [1.82, 2.24) is 9.88 Å². The van der Waals surface area contributed by atoms with Gasteiger partial charge in [-0.2, -0.15) is 0 Å². The summed E-state index contributed by atoms with van der Waals surface area (Å²) in [6.45, 7) is 0. The molecule has 0 bridgehead atoms. The number of imide groups is 1. The van der Waals surface area contributed by atoms with E-state index in [1.165, 1.54) is 7.05 Å². The average molecular weight is 164 g/mol. The Bertz CT molecular complexity index is 354. The lowest BCUT2D eigenvalue weighted by molar-refractivity contribution is -0.127. The van der Waals surface area contributed by atoms with Gasteiger partial charge in [0.2, 0.25) is 5.91 Å². The highest BCUT2D eigenvalue weighted by molar-refractivity contribution is 6.08. The molecule has 0 aliphatic carbocycles. The largest absolute Gasteiger partial charge is 0.357 e. The molecule has 2 amide bonds.